The van der Waals surface area contributed by atoms with Gasteiger partial charge in [-0.3, -0.25) is 4.79 Å². The van der Waals surface area contributed by atoms with Crippen molar-refractivity contribution in [1.82, 2.24) is 9.80 Å². The van der Waals surface area contributed by atoms with E-state index in [0.29, 0.717) is 26.2 Å². The van der Waals surface area contributed by atoms with Gasteiger partial charge in [-0.15, -0.1) is 0 Å². The molecular weight excluding hydrogens is 321 g/mol. The minimum atomic E-state index is -0.311. The molecule has 0 saturated carbocycles. The molecule has 130 valence electrons. The van der Waals surface area contributed by atoms with E-state index in [1.165, 1.54) is 12.1 Å². The summed E-state index contributed by atoms with van der Waals surface area (Å²) in [7, 11) is 0. The highest BCUT2D eigenvalue weighted by molar-refractivity contribution is 5.89. The summed E-state index contributed by atoms with van der Waals surface area (Å²) in [5, 5.41) is 2.85. The predicted octanol–water partition coefficient (Wildman–Crippen LogP) is 2.74. The molecule has 1 saturated heterocycles. The fourth-order valence-electron chi connectivity index (χ4n) is 2.77. The molecule has 6 heteroatoms. The first-order chi connectivity index (χ1) is 12.1. The summed E-state index contributed by atoms with van der Waals surface area (Å²) in [6.45, 7) is 1.99. The molecule has 1 fully saturated rings. The van der Waals surface area contributed by atoms with Gasteiger partial charge in [0, 0.05) is 31.9 Å². The summed E-state index contributed by atoms with van der Waals surface area (Å²) in [5.41, 5.74) is 1.54. The smallest absolute Gasteiger partial charge is 0.321 e. The molecule has 25 heavy (non-hydrogen) atoms. The van der Waals surface area contributed by atoms with Crippen molar-refractivity contribution in [2.75, 3.05) is 31.5 Å². The zero-order valence-corrected chi connectivity index (χ0v) is 13.8. The van der Waals surface area contributed by atoms with Crippen LogP contribution in [-0.4, -0.2) is 47.9 Å². The van der Waals surface area contributed by atoms with Crippen LogP contribution < -0.4 is 5.32 Å². The molecule has 1 heterocycles. The Balaban J connectivity index is 1.48. The van der Waals surface area contributed by atoms with Crippen LogP contribution in [0.2, 0.25) is 0 Å². The van der Waals surface area contributed by atoms with Gasteiger partial charge in [0.05, 0.1) is 6.42 Å². The van der Waals surface area contributed by atoms with Crippen LogP contribution in [0, 0.1) is 5.82 Å². The highest BCUT2D eigenvalue weighted by Crippen LogP contribution is 2.11. The fourth-order valence-corrected chi connectivity index (χ4v) is 2.77. The summed E-state index contributed by atoms with van der Waals surface area (Å²) in [6, 6.07) is 15.1. The molecular formula is C19H20FN3O2. The lowest BCUT2D eigenvalue weighted by Gasteiger charge is -2.34. The number of urea groups is 1. The first kappa shape index (κ1) is 17.0. The highest BCUT2D eigenvalue weighted by atomic mass is 19.1. The second-order valence-electron chi connectivity index (χ2n) is 5.97. The van der Waals surface area contributed by atoms with Crippen molar-refractivity contribution in [1.29, 1.82) is 0 Å². The van der Waals surface area contributed by atoms with Crippen LogP contribution in [0.25, 0.3) is 0 Å². The topological polar surface area (TPSA) is 52.7 Å². The second-order valence-corrected chi connectivity index (χ2v) is 5.97. The van der Waals surface area contributed by atoms with Crippen molar-refractivity contribution in [2.24, 2.45) is 0 Å². The number of halogens is 1. The molecule has 1 aliphatic heterocycles. The Bertz CT molecular complexity index is 726. The van der Waals surface area contributed by atoms with E-state index in [0.717, 1.165) is 11.3 Å². The Labute approximate surface area is 146 Å². The Kier molecular flexibility index (Phi) is 5.28. The molecule has 1 aliphatic rings. The van der Waals surface area contributed by atoms with Gasteiger partial charge in [0.15, 0.2) is 0 Å². The lowest BCUT2D eigenvalue weighted by atomic mass is 10.1. The van der Waals surface area contributed by atoms with E-state index in [4.69, 9.17) is 0 Å². The molecule has 2 aromatic rings. The maximum absolute atomic E-state index is 12.9. The number of piperazine rings is 1. The lowest BCUT2D eigenvalue weighted by molar-refractivity contribution is -0.131. The number of nitrogens with zero attached hydrogens (tertiary/aromatic N) is 2. The van der Waals surface area contributed by atoms with Gasteiger partial charge in [0.25, 0.3) is 0 Å². The van der Waals surface area contributed by atoms with Gasteiger partial charge in [-0.2, -0.15) is 0 Å². The number of benzene rings is 2. The van der Waals surface area contributed by atoms with Crippen LogP contribution >= 0.6 is 0 Å². The van der Waals surface area contributed by atoms with E-state index >= 15 is 0 Å². The number of carbonyl (C=O) groups is 2. The Morgan fingerprint density at radius 2 is 1.48 bits per heavy atom. The number of nitrogens with one attached hydrogen (secondary N) is 1. The van der Waals surface area contributed by atoms with E-state index < -0.39 is 0 Å². The number of carbonyl (C=O) groups excluding carboxylic acids is 2. The molecule has 3 rings (SSSR count). The summed E-state index contributed by atoms with van der Waals surface area (Å²) in [6.07, 6.45) is 0.247. The van der Waals surface area contributed by atoms with Crippen LogP contribution in [-0.2, 0) is 11.2 Å². The maximum atomic E-state index is 12.9. The number of anilines is 1. The van der Waals surface area contributed by atoms with E-state index in [1.807, 2.05) is 30.3 Å². The van der Waals surface area contributed by atoms with E-state index in [1.54, 1.807) is 21.9 Å². The largest absolute Gasteiger partial charge is 0.339 e. The van der Waals surface area contributed by atoms with Crippen molar-refractivity contribution < 1.29 is 14.0 Å². The first-order valence-electron chi connectivity index (χ1n) is 8.25. The number of rotatable bonds is 3. The summed E-state index contributed by atoms with van der Waals surface area (Å²) in [5.74, 6) is -0.316. The van der Waals surface area contributed by atoms with Gasteiger partial charge in [-0.1, -0.05) is 30.3 Å². The first-order valence-corrected chi connectivity index (χ1v) is 8.25. The van der Waals surface area contributed by atoms with Crippen molar-refractivity contribution in [2.45, 2.75) is 6.42 Å². The van der Waals surface area contributed by atoms with E-state index in [-0.39, 0.29) is 24.2 Å². The summed E-state index contributed by atoms with van der Waals surface area (Å²) in [4.78, 5) is 28.0. The Hall–Kier alpha value is -2.89. The maximum Gasteiger partial charge on any atom is 0.321 e. The molecule has 5 nitrogen and oxygen atoms in total. The lowest BCUT2D eigenvalue weighted by Crippen LogP contribution is -2.52. The van der Waals surface area contributed by atoms with Gasteiger partial charge in [0.1, 0.15) is 5.82 Å². The van der Waals surface area contributed by atoms with Crippen LogP contribution in [0.4, 0.5) is 14.9 Å². The van der Waals surface area contributed by atoms with E-state index in [2.05, 4.69) is 5.32 Å². The molecule has 0 unspecified atom stereocenters. The zero-order chi connectivity index (χ0) is 17.6. The SMILES string of the molecule is O=C(Cc1ccc(F)cc1)N1CCN(C(=O)Nc2ccccc2)CC1. The average molecular weight is 341 g/mol. The molecule has 2 aromatic carbocycles. The molecule has 0 bridgehead atoms. The third kappa shape index (κ3) is 4.56. The molecule has 1 N–H and O–H groups in total. The van der Waals surface area contributed by atoms with Gasteiger partial charge in [0.2, 0.25) is 5.91 Å². The monoisotopic (exact) mass is 341 g/mol. The molecule has 0 radical (unpaired) electrons. The van der Waals surface area contributed by atoms with Gasteiger partial charge in [-0.25, -0.2) is 9.18 Å². The van der Waals surface area contributed by atoms with Gasteiger partial charge >= 0.3 is 6.03 Å². The van der Waals surface area contributed by atoms with Gasteiger partial charge < -0.3 is 15.1 Å². The highest BCUT2D eigenvalue weighted by Gasteiger charge is 2.24. The molecule has 0 aliphatic carbocycles. The summed E-state index contributed by atoms with van der Waals surface area (Å²) >= 11 is 0. The van der Waals surface area contributed by atoms with Gasteiger partial charge in [-0.05, 0) is 29.8 Å². The van der Waals surface area contributed by atoms with Crippen LogP contribution in [0.5, 0.6) is 0 Å². The number of para-hydroxylation sites is 1. The minimum absolute atomic E-state index is 0.00488. The fraction of sp³-hybridized carbons (Fsp3) is 0.263. The zero-order valence-electron chi connectivity index (χ0n) is 13.8. The normalized spacial score (nSPS) is 14.3. The Morgan fingerprint density at radius 1 is 0.880 bits per heavy atom. The number of hydrogen-bond acceptors (Lipinski definition) is 2. The van der Waals surface area contributed by atoms with Crippen molar-refractivity contribution in [3.8, 4) is 0 Å². The average Bonchev–Trinajstić information content (AvgIpc) is 2.64. The molecule has 0 aromatic heterocycles. The molecule has 0 atom stereocenters. The standard InChI is InChI=1S/C19H20FN3O2/c20-16-8-6-15(7-9-16)14-18(24)22-10-12-23(13-11-22)19(25)21-17-4-2-1-3-5-17/h1-9H,10-14H2,(H,21,25). The predicted molar refractivity (Wildman–Crippen MR) is 93.7 cm³/mol. The Morgan fingerprint density at radius 3 is 2.12 bits per heavy atom. The third-order valence-corrected chi connectivity index (χ3v) is 4.21. The quantitative estimate of drug-likeness (QED) is 0.933. The van der Waals surface area contributed by atoms with Crippen molar-refractivity contribution >= 4 is 17.6 Å². The van der Waals surface area contributed by atoms with Crippen LogP contribution in [0.3, 0.4) is 0 Å². The van der Waals surface area contributed by atoms with Crippen molar-refractivity contribution in [3.05, 3.63) is 66.0 Å². The number of amides is 3. The second kappa shape index (κ2) is 7.79. The third-order valence-electron chi connectivity index (χ3n) is 4.21. The van der Waals surface area contributed by atoms with E-state index in [9.17, 15) is 14.0 Å². The van der Waals surface area contributed by atoms with Crippen LogP contribution in [0.1, 0.15) is 5.56 Å². The summed E-state index contributed by atoms with van der Waals surface area (Å²) < 4.78 is 12.9. The molecule has 3 amide bonds. The molecule has 0 spiro atoms. The minimum Gasteiger partial charge on any atom is -0.339 e. The van der Waals surface area contributed by atoms with Crippen LogP contribution in [0.15, 0.2) is 54.6 Å². The number of hydrogen-bond donors (Lipinski definition) is 1. The van der Waals surface area contributed by atoms with Crippen molar-refractivity contribution in [3.63, 3.8) is 0 Å².